The lowest BCUT2D eigenvalue weighted by Crippen LogP contribution is -2.53. The van der Waals surface area contributed by atoms with Crippen LogP contribution in [0.3, 0.4) is 0 Å². The summed E-state index contributed by atoms with van der Waals surface area (Å²) in [6.45, 7) is 2.53. The molecule has 8 heteroatoms. The number of rotatable bonds is 4. The van der Waals surface area contributed by atoms with Crippen molar-refractivity contribution in [3.63, 3.8) is 0 Å². The Balaban J connectivity index is 1.25. The highest BCUT2D eigenvalue weighted by molar-refractivity contribution is 7.14. The monoisotopic (exact) mass is 445 g/mol. The Morgan fingerprint density at radius 2 is 1.83 bits per heavy atom. The first-order valence-corrected chi connectivity index (χ1v) is 11.7. The Morgan fingerprint density at radius 1 is 1.10 bits per heavy atom. The molecule has 3 aliphatic carbocycles. The van der Waals surface area contributed by atoms with Gasteiger partial charge in [-0.1, -0.05) is 29.8 Å². The maximum atomic E-state index is 13.0. The highest BCUT2D eigenvalue weighted by Gasteiger charge is 2.51. The highest BCUT2D eigenvalue weighted by Crippen LogP contribution is 2.53. The molecule has 0 radical (unpaired) electrons. The molecule has 6 rings (SSSR count). The van der Waals surface area contributed by atoms with Crippen LogP contribution < -0.4 is 5.32 Å². The summed E-state index contributed by atoms with van der Waals surface area (Å²) < 4.78 is 5.37. The molecule has 3 saturated carbocycles. The van der Waals surface area contributed by atoms with Gasteiger partial charge >= 0.3 is 0 Å². The van der Waals surface area contributed by atoms with Crippen LogP contribution in [0.5, 0.6) is 0 Å². The average molecular weight is 446 g/mol. The number of carbonyl (C=O) groups is 2. The number of morpholine rings is 1. The summed E-state index contributed by atoms with van der Waals surface area (Å²) in [6.07, 6.45) is 2.59. The van der Waals surface area contributed by atoms with Gasteiger partial charge in [0.05, 0.1) is 18.9 Å². The summed E-state index contributed by atoms with van der Waals surface area (Å²) in [5.41, 5.74) is 1.61. The zero-order valence-corrected chi connectivity index (χ0v) is 18.1. The standard InChI is InChI=1S/C22H24ClN3O3S/c23-18-4-2-1-3-15(18)19-12-30-22(24-19)25-20(27)16-11-17(14-9-13(16)10-14)21(28)26-5-7-29-8-6-26/h1-4,12-14,16-17H,5-11H2,(H,24,25,27)/t13?,14?,16?,17-/m0/s1. The average Bonchev–Trinajstić information content (AvgIpc) is 3.21. The van der Waals surface area contributed by atoms with Crippen molar-refractivity contribution in [2.45, 2.75) is 19.3 Å². The Labute approximate surface area is 184 Å². The van der Waals surface area contributed by atoms with Crippen LogP contribution >= 0.6 is 22.9 Å². The summed E-state index contributed by atoms with van der Waals surface area (Å²) >= 11 is 7.66. The fraction of sp³-hybridized carbons (Fsp3) is 0.500. The van der Waals surface area contributed by atoms with Gasteiger partial charge in [0.1, 0.15) is 0 Å². The minimum absolute atomic E-state index is 0.0158. The van der Waals surface area contributed by atoms with Gasteiger partial charge in [0.2, 0.25) is 11.8 Å². The van der Waals surface area contributed by atoms with E-state index in [4.69, 9.17) is 16.3 Å². The molecule has 2 bridgehead atoms. The molecule has 1 N–H and O–H groups in total. The number of hydrogen-bond acceptors (Lipinski definition) is 5. The second kappa shape index (κ2) is 8.29. The van der Waals surface area contributed by atoms with Crippen molar-refractivity contribution in [2.24, 2.45) is 23.7 Å². The third-order valence-corrected chi connectivity index (χ3v) is 7.81. The number of benzene rings is 1. The van der Waals surface area contributed by atoms with Gasteiger partial charge < -0.3 is 15.0 Å². The molecule has 4 fully saturated rings. The van der Waals surface area contributed by atoms with E-state index >= 15 is 0 Å². The molecule has 158 valence electrons. The Bertz CT molecular complexity index is 953. The summed E-state index contributed by atoms with van der Waals surface area (Å²) in [4.78, 5) is 32.5. The van der Waals surface area contributed by atoms with Crippen LogP contribution in [-0.2, 0) is 14.3 Å². The maximum Gasteiger partial charge on any atom is 0.229 e. The second-order valence-electron chi connectivity index (χ2n) is 8.38. The zero-order valence-electron chi connectivity index (χ0n) is 16.6. The van der Waals surface area contributed by atoms with Gasteiger partial charge in [0, 0.05) is 40.9 Å². The largest absolute Gasteiger partial charge is 0.378 e. The third-order valence-electron chi connectivity index (χ3n) is 6.72. The van der Waals surface area contributed by atoms with Crippen LogP contribution in [0.2, 0.25) is 5.02 Å². The number of thiazole rings is 1. The van der Waals surface area contributed by atoms with Crippen molar-refractivity contribution in [2.75, 3.05) is 31.6 Å². The number of ether oxygens (including phenoxy) is 1. The van der Waals surface area contributed by atoms with Crippen molar-refractivity contribution < 1.29 is 14.3 Å². The molecule has 30 heavy (non-hydrogen) atoms. The lowest BCUT2D eigenvalue weighted by atomic mass is 9.55. The van der Waals surface area contributed by atoms with Crippen molar-refractivity contribution >= 4 is 39.9 Å². The van der Waals surface area contributed by atoms with E-state index in [1.807, 2.05) is 34.5 Å². The molecule has 0 spiro atoms. The summed E-state index contributed by atoms with van der Waals surface area (Å²) in [5.74, 6) is 0.830. The first-order valence-electron chi connectivity index (χ1n) is 10.5. The van der Waals surface area contributed by atoms with Gasteiger partial charge in [0.15, 0.2) is 5.13 Å². The number of hydrogen-bond donors (Lipinski definition) is 1. The first kappa shape index (κ1) is 20.0. The van der Waals surface area contributed by atoms with Crippen LogP contribution in [0.25, 0.3) is 11.3 Å². The summed E-state index contributed by atoms with van der Waals surface area (Å²) in [7, 11) is 0. The third kappa shape index (κ3) is 3.74. The van der Waals surface area contributed by atoms with E-state index in [0.717, 1.165) is 24.1 Å². The van der Waals surface area contributed by atoms with Gasteiger partial charge in [-0.3, -0.25) is 9.59 Å². The van der Waals surface area contributed by atoms with E-state index in [-0.39, 0.29) is 23.7 Å². The molecule has 2 atom stereocenters. The molecule has 1 saturated heterocycles. The molecule has 6 nitrogen and oxygen atoms in total. The van der Waals surface area contributed by atoms with Gasteiger partial charge in [-0.2, -0.15) is 0 Å². The first-order chi connectivity index (χ1) is 14.6. The molecular weight excluding hydrogens is 422 g/mol. The Hall–Kier alpha value is -1.96. The number of nitrogens with zero attached hydrogens (tertiary/aromatic N) is 2. The number of fused-ring (bicyclic) bond motifs is 2. The number of nitrogens with one attached hydrogen (secondary N) is 1. The number of aromatic nitrogens is 1. The fourth-order valence-corrected chi connectivity index (χ4v) is 5.93. The number of halogens is 1. The van der Waals surface area contributed by atoms with Crippen LogP contribution in [0.15, 0.2) is 29.6 Å². The van der Waals surface area contributed by atoms with E-state index < -0.39 is 0 Å². The molecule has 1 aromatic heterocycles. The van der Waals surface area contributed by atoms with Crippen molar-refractivity contribution in [3.05, 3.63) is 34.7 Å². The minimum Gasteiger partial charge on any atom is -0.378 e. The molecule has 1 unspecified atom stereocenters. The van der Waals surface area contributed by atoms with Crippen molar-refractivity contribution in [1.82, 2.24) is 9.88 Å². The maximum absolute atomic E-state index is 13.0. The van der Waals surface area contributed by atoms with Crippen LogP contribution in [0.4, 0.5) is 5.13 Å². The van der Waals surface area contributed by atoms with E-state index in [1.54, 1.807) is 0 Å². The molecule has 2 amide bonds. The lowest BCUT2D eigenvalue weighted by molar-refractivity contribution is -0.151. The normalized spacial score (nSPS) is 28.0. The fourth-order valence-electron chi connectivity index (χ4n) is 4.99. The quantitative estimate of drug-likeness (QED) is 0.774. The van der Waals surface area contributed by atoms with Crippen LogP contribution in [0.1, 0.15) is 19.3 Å². The number of amides is 2. The lowest BCUT2D eigenvalue weighted by Gasteiger charge is -2.51. The molecular formula is C22H24ClN3O3S. The molecule has 1 aromatic carbocycles. The number of carbonyl (C=O) groups excluding carboxylic acids is 2. The van der Waals surface area contributed by atoms with Gasteiger partial charge in [0.25, 0.3) is 0 Å². The molecule has 2 aromatic rings. The van der Waals surface area contributed by atoms with Crippen molar-refractivity contribution in [3.8, 4) is 11.3 Å². The topological polar surface area (TPSA) is 71.5 Å². The van der Waals surface area contributed by atoms with Crippen LogP contribution in [-0.4, -0.2) is 48.0 Å². The van der Waals surface area contributed by atoms with E-state index in [9.17, 15) is 9.59 Å². The zero-order chi connectivity index (χ0) is 20.7. The van der Waals surface area contributed by atoms with Crippen LogP contribution in [0, 0.1) is 23.7 Å². The Kier molecular flexibility index (Phi) is 5.52. The second-order valence-corrected chi connectivity index (χ2v) is 9.65. The molecule has 4 aliphatic rings. The SMILES string of the molecule is O=C(Nc1nc(-c2ccccc2Cl)cs1)C1C[C@H](C(=O)N2CCOCC2)C2CC1C2. The van der Waals surface area contributed by atoms with E-state index in [0.29, 0.717) is 54.7 Å². The smallest absolute Gasteiger partial charge is 0.229 e. The van der Waals surface area contributed by atoms with Gasteiger partial charge in [-0.15, -0.1) is 11.3 Å². The van der Waals surface area contributed by atoms with Gasteiger partial charge in [-0.25, -0.2) is 4.98 Å². The minimum atomic E-state index is -0.127. The molecule has 2 heterocycles. The summed E-state index contributed by atoms with van der Waals surface area (Å²) in [6, 6.07) is 7.54. The summed E-state index contributed by atoms with van der Waals surface area (Å²) in [5, 5.41) is 6.11. The van der Waals surface area contributed by atoms with E-state index in [2.05, 4.69) is 10.3 Å². The predicted molar refractivity (Wildman–Crippen MR) is 116 cm³/mol. The molecule has 1 aliphatic heterocycles. The van der Waals surface area contributed by atoms with Crippen molar-refractivity contribution in [1.29, 1.82) is 0 Å². The van der Waals surface area contributed by atoms with Gasteiger partial charge in [-0.05, 0) is 37.2 Å². The highest BCUT2D eigenvalue weighted by atomic mass is 35.5. The van der Waals surface area contributed by atoms with E-state index in [1.165, 1.54) is 11.3 Å². The Morgan fingerprint density at radius 3 is 2.60 bits per heavy atom. The number of anilines is 1. The predicted octanol–water partition coefficient (Wildman–Crippen LogP) is 3.92.